The van der Waals surface area contributed by atoms with E-state index in [1.807, 2.05) is 43.0 Å². The van der Waals surface area contributed by atoms with Gasteiger partial charge in [0.1, 0.15) is 5.75 Å². The van der Waals surface area contributed by atoms with E-state index < -0.39 is 0 Å². The van der Waals surface area contributed by atoms with E-state index in [9.17, 15) is 4.79 Å². The molecule has 0 unspecified atom stereocenters. The summed E-state index contributed by atoms with van der Waals surface area (Å²) in [6, 6.07) is 7.86. The minimum absolute atomic E-state index is 0.112. The van der Waals surface area contributed by atoms with Gasteiger partial charge in [0.25, 0.3) is 5.91 Å². The number of nitrogens with zero attached hydrogens (tertiary/aromatic N) is 2. The highest BCUT2D eigenvalue weighted by molar-refractivity contribution is 5.81. The smallest absolute Gasteiger partial charge is 0.263 e. The van der Waals surface area contributed by atoms with Crippen molar-refractivity contribution in [3.05, 3.63) is 29.8 Å². The number of hydrogen-bond donors (Lipinski definition) is 0. The molecule has 2 rings (SSSR count). The zero-order valence-corrected chi connectivity index (χ0v) is 12.6. The van der Waals surface area contributed by atoms with Crippen LogP contribution in [0.15, 0.2) is 24.3 Å². The number of carbonyl (C=O) groups excluding carboxylic acids is 1. The summed E-state index contributed by atoms with van der Waals surface area (Å²) in [6.45, 7) is 7.49. The number of piperazine rings is 1. The Hall–Kier alpha value is -1.55. The number of amides is 1. The summed E-state index contributed by atoms with van der Waals surface area (Å²) in [6.07, 6.45) is 0.320. The number of benzene rings is 1. The molecule has 0 spiro atoms. The molecule has 1 aliphatic heterocycles. The lowest BCUT2D eigenvalue weighted by Crippen LogP contribution is -2.51. The molecule has 4 heteroatoms. The molecule has 0 aromatic heterocycles. The first-order valence-electron chi connectivity index (χ1n) is 7.31. The van der Waals surface area contributed by atoms with Gasteiger partial charge in [-0.25, -0.2) is 0 Å². The molecule has 1 aliphatic rings. The third-order valence-electron chi connectivity index (χ3n) is 3.76. The number of rotatable bonds is 4. The van der Waals surface area contributed by atoms with Gasteiger partial charge in [-0.3, -0.25) is 4.79 Å². The van der Waals surface area contributed by atoms with E-state index in [0.717, 1.165) is 31.9 Å². The Morgan fingerprint density at radius 1 is 1.20 bits per heavy atom. The van der Waals surface area contributed by atoms with Crippen molar-refractivity contribution in [1.29, 1.82) is 0 Å². The van der Waals surface area contributed by atoms with Crippen LogP contribution in [0.4, 0.5) is 0 Å². The number of hydrogen-bond acceptors (Lipinski definition) is 3. The minimum atomic E-state index is -0.374. The van der Waals surface area contributed by atoms with Gasteiger partial charge in [0.05, 0.1) is 0 Å². The zero-order valence-electron chi connectivity index (χ0n) is 12.6. The molecule has 1 saturated heterocycles. The molecule has 1 atom stereocenters. The summed E-state index contributed by atoms with van der Waals surface area (Å²) >= 11 is 0. The fraction of sp³-hybridized carbons (Fsp3) is 0.562. The maximum atomic E-state index is 12.5. The fourth-order valence-electron chi connectivity index (χ4n) is 2.32. The van der Waals surface area contributed by atoms with E-state index in [-0.39, 0.29) is 12.0 Å². The lowest BCUT2D eigenvalue weighted by atomic mass is 10.2. The van der Waals surface area contributed by atoms with Crippen LogP contribution in [0.3, 0.4) is 0 Å². The number of aryl methyl sites for hydroxylation is 1. The van der Waals surface area contributed by atoms with Crippen LogP contribution >= 0.6 is 0 Å². The molecule has 20 heavy (non-hydrogen) atoms. The van der Waals surface area contributed by atoms with Crippen LogP contribution in [0, 0.1) is 6.92 Å². The summed E-state index contributed by atoms with van der Waals surface area (Å²) in [4.78, 5) is 16.7. The molecule has 0 aliphatic carbocycles. The Morgan fingerprint density at radius 3 is 2.35 bits per heavy atom. The predicted molar refractivity (Wildman–Crippen MR) is 80.0 cm³/mol. The van der Waals surface area contributed by atoms with Crippen molar-refractivity contribution in [2.75, 3.05) is 33.2 Å². The van der Waals surface area contributed by atoms with Gasteiger partial charge in [0.2, 0.25) is 0 Å². The largest absolute Gasteiger partial charge is 0.481 e. The first-order valence-corrected chi connectivity index (χ1v) is 7.31. The monoisotopic (exact) mass is 276 g/mol. The van der Waals surface area contributed by atoms with Gasteiger partial charge in [-0.15, -0.1) is 0 Å². The van der Waals surface area contributed by atoms with Crippen molar-refractivity contribution in [3.63, 3.8) is 0 Å². The summed E-state index contributed by atoms with van der Waals surface area (Å²) in [7, 11) is 2.09. The summed E-state index contributed by atoms with van der Waals surface area (Å²) < 4.78 is 5.86. The average Bonchev–Trinajstić information content (AvgIpc) is 2.47. The lowest BCUT2D eigenvalue weighted by Gasteiger charge is -2.34. The molecule has 0 bridgehead atoms. The van der Waals surface area contributed by atoms with Crippen molar-refractivity contribution < 1.29 is 9.53 Å². The summed E-state index contributed by atoms with van der Waals surface area (Å²) in [5.41, 5.74) is 1.19. The van der Waals surface area contributed by atoms with E-state index >= 15 is 0 Å². The van der Waals surface area contributed by atoms with Crippen molar-refractivity contribution in [2.45, 2.75) is 26.4 Å². The summed E-state index contributed by atoms with van der Waals surface area (Å²) in [5, 5.41) is 0. The Bertz CT molecular complexity index is 436. The zero-order chi connectivity index (χ0) is 14.5. The first-order chi connectivity index (χ1) is 9.60. The maximum absolute atomic E-state index is 12.5. The van der Waals surface area contributed by atoms with Crippen LogP contribution in [-0.2, 0) is 4.79 Å². The molecule has 0 saturated carbocycles. The SMILES string of the molecule is CC[C@H](Oc1ccc(C)cc1)C(=O)N1CCN(C)CC1. The third kappa shape index (κ3) is 3.73. The minimum Gasteiger partial charge on any atom is -0.481 e. The second kappa shape index (κ2) is 6.75. The second-order valence-corrected chi connectivity index (χ2v) is 5.46. The number of ether oxygens (including phenoxy) is 1. The quantitative estimate of drug-likeness (QED) is 0.842. The van der Waals surface area contributed by atoms with E-state index in [0.29, 0.717) is 6.42 Å². The van der Waals surface area contributed by atoms with Gasteiger partial charge >= 0.3 is 0 Å². The molecule has 1 amide bonds. The average molecular weight is 276 g/mol. The first kappa shape index (κ1) is 14.9. The molecule has 1 aromatic rings. The molecule has 0 radical (unpaired) electrons. The Balaban J connectivity index is 1.97. The molecular formula is C16H24N2O2. The molecule has 0 N–H and O–H groups in total. The van der Waals surface area contributed by atoms with Crippen LogP contribution in [0.5, 0.6) is 5.75 Å². The van der Waals surface area contributed by atoms with Crippen LogP contribution in [-0.4, -0.2) is 55.0 Å². The van der Waals surface area contributed by atoms with E-state index in [1.165, 1.54) is 5.56 Å². The van der Waals surface area contributed by atoms with E-state index in [1.54, 1.807) is 0 Å². The van der Waals surface area contributed by atoms with Crippen molar-refractivity contribution in [3.8, 4) is 5.75 Å². The molecule has 1 fully saturated rings. The number of carbonyl (C=O) groups is 1. The molecular weight excluding hydrogens is 252 g/mol. The highest BCUT2D eigenvalue weighted by Gasteiger charge is 2.26. The van der Waals surface area contributed by atoms with Crippen molar-refractivity contribution >= 4 is 5.91 Å². The normalized spacial score (nSPS) is 17.9. The van der Waals surface area contributed by atoms with Crippen LogP contribution in [0.1, 0.15) is 18.9 Å². The second-order valence-electron chi connectivity index (χ2n) is 5.46. The van der Waals surface area contributed by atoms with Crippen LogP contribution in [0.2, 0.25) is 0 Å². The highest BCUT2D eigenvalue weighted by Crippen LogP contribution is 2.16. The van der Waals surface area contributed by atoms with Crippen LogP contribution < -0.4 is 4.74 Å². The van der Waals surface area contributed by atoms with Gasteiger partial charge in [0, 0.05) is 26.2 Å². The molecule has 1 heterocycles. The fourth-order valence-corrected chi connectivity index (χ4v) is 2.32. The lowest BCUT2D eigenvalue weighted by molar-refractivity contribution is -0.140. The molecule has 1 aromatic carbocycles. The topological polar surface area (TPSA) is 32.8 Å². The maximum Gasteiger partial charge on any atom is 0.263 e. The molecule has 110 valence electrons. The predicted octanol–water partition coefficient (Wildman–Crippen LogP) is 1.93. The Morgan fingerprint density at radius 2 is 1.80 bits per heavy atom. The van der Waals surface area contributed by atoms with Gasteiger partial charge < -0.3 is 14.5 Å². The molecule has 4 nitrogen and oxygen atoms in total. The van der Waals surface area contributed by atoms with E-state index in [4.69, 9.17) is 4.74 Å². The van der Waals surface area contributed by atoms with Crippen LogP contribution in [0.25, 0.3) is 0 Å². The standard InChI is InChI=1S/C16H24N2O2/c1-4-15(20-14-7-5-13(2)6-8-14)16(19)18-11-9-17(3)10-12-18/h5-8,15H,4,9-12H2,1-3H3/t15-/m0/s1. The Labute approximate surface area is 121 Å². The van der Waals surface area contributed by atoms with Gasteiger partial charge in [-0.1, -0.05) is 24.6 Å². The van der Waals surface area contributed by atoms with Gasteiger partial charge in [-0.2, -0.15) is 0 Å². The summed E-state index contributed by atoms with van der Waals surface area (Å²) in [5.74, 6) is 0.881. The van der Waals surface area contributed by atoms with Crippen molar-refractivity contribution in [1.82, 2.24) is 9.80 Å². The van der Waals surface area contributed by atoms with Gasteiger partial charge in [0.15, 0.2) is 6.10 Å². The van der Waals surface area contributed by atoms with Gasteiger partial charge in [-0.05, 0) is 32.5 Å². The highest BCUT2D eigenvalue weighted by atomic mass is 16.5. The number of likely N-dealkylation sites (N-methyl/N-ethyl adjacent to an activating group) is 1. The Kier molecular flexibility index (Phi) is 5.01. The third-order valence-corrected chi connectivity index (χ3v) is 3.76. The van der Waals surface area contributed by atoms with E-state index in [2.05, 4.69) is 11.9 Å². The van der Waals surface area contributed by atoms with Crippen molar-refractivity contribution in [2.24, 2.45) is 0 Å².